The highest BCUT2D eigenvalue weighted by molar-refractivity contribution is 5.96. The third kappa shape index (κ3) is 4.54. The van der Waals surface area contributed by atoms with E-state index in [4.69, 9.17) is 17.1 Å². The number of carbonyl (C=O) groups is 2. The highest BCUT2D eigenvalue weighted by Gasteiger charge is 2.26. The van der Waals surface area contributed by atoms with Crippen LogP contribution in [-0.4, -0.2) is 46.6 Å². The number of nitrogen functional groups attached to an aromatic ring is 1. The first kappa shape index (κ1) is 24.9. The maximum atomic E-state index is 13.7. The summed E-state index contributed by atoms with van der Waals surface area (Å²) in [6.45, 7) is 0. The lowest BCUT2D eigenvalue weighted by Gasteiger charge is -2.16. The number of fused-ring (bicyclic) bond motifs is 2. The van der Waals surface area contributed by atoms with Crippen LogP contribution in [0.1, 0.15) is 45.7 Å². The summed E-state index contributed by atoms with van der Waals surface area (Å²) in [7, 11) is 0. The number of nitrogens with one attached hydrogen (secondary N) is 1. The van der Waals surface area contributed by atoms with Crippen LogP contribution in [0.25, 0.3) is 34.1 Å². The Kier molecular flexibility index (Phi) is 5.88. The summed E-state index contributed by atoms with van der Waals surface area (Å²) in [5.41, 5.74) is 10.6. The molecule has 12 heteroatoms. The molecule has 0 bridgehead atoms. The number of pyridine rings is 2. The van der Waals surface area contributed by atoms with Crippen molar-refractivity contribution in [3.63, 3.8) is 0 Å². The number of hydrogen-bond acceptors (Lipinski definition) is 8. The maximum Gasteiger partial charge on any atom is 0.251 e. The number of anilines is 1. The van der Waals surface area contributed by atoms with E-state index in [-0.39, 0.29) is 22.9 Å². The van der Waals surface area contributed by atoms with Crippen molar-refractivity contribution in [2.45, 2.75) is 18.9 Å². The first-order chi connectivity index (χ1) is 21.3. The number of aromatic nitrogens is 6. The van der Waals surface area contributed by atoms with Gasteiger partial charge < -0.3 is 16.2 Å². The molecule has 212 valence electrons. The molecular formula is C31H23FN8O3. The highest BCUT2D eigenvalue weighted by Crippen LogP contribution is 2.36. The van der Waals surface area contributed by atoms with Crippen molar-refractivity contribution in [3.05, 3.63) is 107 Å². The average molecular weight is 576 g/mol. The third-order valence-corrected chi connectivity index (χ3v) is 7.50. The first-order valence-electron chi connectivity index (χ1n) is 13.9. The van der Waals surface area contributed by atoms with Crippen molar-refractivity contribution >= 4 is 29.2 Å². The minimum atomic E-state index is -1.08. The van der Waals surface area contributed by atoms with Gasteiger partial charge in [0.15, 0.2) is 23.6 Å². The fraction of sp³-hybridized carbons (Fsp3) is 0.0968. The van der Waals surface area contributed by atoms with Crippen molar-refractivity contribution < 1.29 is 20.5 Å². The lowest BCUT2D eigenvalue weighted by atomic mass is 10.1. The summed E-state index contributed by atoms with van der Waals surface area (Å²) in [4.78, 5) is 38.4. The molecule has 0 spiro atoms. The van der Waals surface area contributed by atoms with Gasteiger partial charge >= 0.3 is 0 Å². The number of imidazole rings is 1. The van der Waals surface area contributed by atoms with Gasteiger partial charge in [-0.1, -0.05) is 6.07 Å². The number of phenolic OH excluding ortho intramolecular Hbond substituents is 1. The van der Waals surface area contributed by atoms with E-state index in [9.17, 15) is 19.1 Å². The number of aromatic hydroxyl groups is 1. The van der Waals surface area contributed by atoms with Crippen molar-refractivity contribution in [1.82, 2.24) is 34.6 Å². The maximum absolute atomic E-state index is 13.7. The van der Waals surface area contributed by atoms with Crippen molar-refractivity contribution in [2.24, 2.45) is 0 Å². The molecule has 1 amide bonds. The van der Waals surface area contributed by atoms with Crippen LogP contribution in [0.3, 0.4) is 0 Å². The molecule has 0 aliphatic heterocycles. The van der Waals surface area contributed by atoms with E-state index in [2.05, 4.69) is 15.4 Å². The van der Waals surface area contributed by atoms with Crippen molar-refractivity contribution in [2.75, 3.05) is 5.73 Å². The average Bonchev–Trinajstić information content (AvgIpc) is 3.73. The Hall–Kier alpha value is -5.91. The fourth-order valence-corrected chi connectivity index (χ4v) is 5.43. The van der Waals surface area contributed by atoms with Crippen LogP contribution in [-0.2, 0) is 6.42 Å². The quantitative estimate of drug-likeness (QED) is 0.248. The minimum absolute atomic E-state index is 0.172. The molecule has 2 aromatic carbocycles. The molecular weight excluding hydrogens is 551 g/mol. The minimum Gasteiger partial charge on any atom is -0.507 e. The van der Waals surface area contributed by atoms with Gasteiger partial charge in [-0.2, -0.15) is 4.39 Å². The summed E-state index contributed by atoms with van der Waals surface area (Å²) in [6, 6.07) is 17.7. The van der Waals surface area contributed by atoms with Gasteiger partial charge in [0.2, 0.25) is 5.95 Å². The van der Waals surface area contributed by atoms with Gasteiger partial charge in [-0.15, -0.1) is 5.10 Å². The normalized spacial score (nSPS) is 14.4. The molecule has 7 rings (SSSR count). The molecule has 1 aliphatic carbocycles. The number of amides is 1. The van der Waals surface area contributed by atoms with Gasteiger partial charge in [0.05, 0.1) is 17.2 Å². The molecule has 1 aliphatic rings. The number of hydrogen-bond donors (Lipinski definition) is 3. The van der Waals surface area contributed by atoms with E-state index in [1.807, 2.05) is 28.8 Å². The monoisotopic (exact) mass is 575 g/mol. The van der Waals surface area contributed by atoms with Crippen LogP contribution in [0.15, 0.2) is 79.1 Å². The van der Waals surface area contributed by atoms with E-state index >= 15 is 0 Å². The topological polar surface area (TPSA) is 154 Å². The first-order valence-corrected chi connectivity index (χ1v) is 13.4. The predicted octanol–water partition coefficient (Wildman–Crippen LogP) is 4.32. The van der Waals surface area contributed by atoms with Crippen LogP contribution < -0.4 is 11.1 Å². The molecule has 0 unspecified atom stereocenters. The second-order valence-electron chi connectivity index (χ2n) is 10.1. The van der Waals surface area contributed by atoms with Gasteiger partial charge in [-0.3, -0.25) is 14.2 Å². The SMILES string of the molecule is [2H]C(=O)c1cc(C(=O)N[C@H]2CCc3cc(-n4c(-c5cccnc5N)nc5ccc(-n6ccc(F)n6)nc54)ccc32)ccc1O. The molecule has 0 saturated heterocycles. The predicted molar refractivity (Wildman–Crippen MR) is 156 cm³/mol. The summed E-state index contributed by atoms with van der Waals surface area (Å²) in [6.07, 6.45) is 3.34. The van der Waals surface area contributed by atoms with Gasteiger partial charge in [-0.05, 0) is 78.6 Å². The number of benzene rings is 2. The number of aryl methyl sites for hydroxylation is 1. The van der Waals surface area contributed by atoms with Crippen LogP contribution in [0, 0.1) is 5.95 Å². The number of nitrogens with zero attached hydrogens (tertiary/aromatic N) is 6. The zero-order valence-corrected chi connectivity index (χ0v) is 22.4. The third-order valence-electron chi connectivity index (χ3n) is 7.50. The summed E-state index contributed by atoms with van der Waals surface area (Å²) in [5, 5.41) is 16.7. The number of nitrogens with two attached hydrogens (primary N) is 1. The molecule has 1 atom stereocenters. The number of aldehydes is 1. The van der Waals surface area contributed by atoms with Crippen molar-refractivity contribution in [3.8, 4) is 28.6 Å². The second kappa shape index (κ2) is 10.2. The molecule has 6 aromatic rings. The van der Waals surface area contributed by atoms with E-state index in [1.54, 1.807) is 24.4 Å². The van der Waals surface area contributed by atoms with E-state index in [0.29, 0.717) is 47.0 Å². The number of phenols is 1. The molecule has 43 heavy (non-hydrogen) atoms. The molecule has 0 radical (unpaired) electrons. The van der Waals surface area contributed by atoms with Gasteiger partial charge in [0, 0.05) is 29.7 Å². The van der Waals surface area contributed by atoms with E-state index in [1.165, 1.54) is 35.1 Å². The van der Waals surface area contributed by atoms with Gasteiger partial charge in [-0.25, -0.2) is 19.6 Å². The number of rotatable bonds is 6. The second-order valence-corrected chi connectivity index (χ2v) is 10.1. The van der Waals surface area contributed by atoms with E-state index in [0.717, 1.165) is 16.8 Å². The van der Waals surface area contributed by atoms with E-state index < -0.39 is 18.1 Å². The highest BCUT2D eigenvalue weighted by atomic mass is 19.1. The Bertz CT molecular complexity index is 2120. The van der Waals surface area contributed by atoms with Crippen LogP contribution in [0.2, 0.25) is 0 Å². The molecule has 0 saturated carbocycles. The Morgan fingerprint density at radius 3 is 2.81 bits per heavy atom. The molecule has 4 heterocycles. The summed E-state index contributed by atoms with van der Waals surface area (Å²) in [5.74, 6) is -0.167. The summed E-state index contributed by atoms with van der Waals surface area (Å²) < 4.78 is 24.2. The lowest BCUT2D eigenvalue weighted by molar-refractivity contribution is 0.0936. The zero-order chi connectivity index (χ0) is 30.5. The standard InChI is InChI=1S/C31H23FN8O3/c32-26-11-13-39(38-26)27-10-8-24-30(37-27)40(29(35-24)22-2-1-12-34-28(22)33)20-5-6-21-17(15-20)3-7-23(21)36-31(43)18-4-9-25(42)19(14-18)16-41/h1-2,4-6,8-16,23,42H,3,7H2,(H2,33,34)(H,36,43)/t23-/m0/s1/i16D. The summed E-state index contributed by atoms with van der Waals surface area (Å²) >= 11 is 0. The largest absolute Gasteiger partial charge is 0.507 e. The Labute approximate surface area is 244 Å². The molecule has 11 nitrogen and oxygen atoms in total. The van der Waals surface area contributed by atoms with Crippen LogP contribution in [0.4, 0.5) is 10.2 Å². The van der Waals surface area contributed by atoms with Crippen molar-refractivity contribution in [1.29, 1.82) is 0 Å². The number of halogens is 1. The van der Waals surface area contributed by atoms with Crippen LogP contribution >= 0.6 is 0 Å². The zero-order valence-electron chi connectivity index (χ0n) is 23.4. The Morgan fingerprint density at radius 2 is 2.02 bits per heavy atom. The smallest absolute Gasteiger partial charge is 0.251 e. The number of carbonyl (C=O) groups excluding carboxylic acids is 2. The molecule has 4 aromatic heterocycles. The van der Waals surface area contributed by atoms with Gasteiger partial charge in [0.1, 0.15) is 18.5 Å². The Balaban J connectivity index is 1.28. The Morgan fingerprint density at radius 1 is 1.14 bits per heavy atom. The lowest BCUT2D eigenvalue weighted by Crippen LogP contribution is -2.27. The van der Waals surface area contributed by atoms with Gasteiger partial charge in [0.25, 0.3) is 5.91 Å². The molecule has 0 fully saturated rings. The van der Waals surface area contributed by atoms with Crippen LogP contribution in [0.5, 0.6) is 5.75 Å². The fourth-order valence-electron chi connectivity index (χ4n) is 5.43. The molecule has 4 N–H and O–H groups in total.